The number of carbonyl (C=O) groups is 2. The highest BCUT2D eigenvalue weighted by Crippen LogP contribution is 2.33. The molecule has 0 aliphatic heterocycles. The van der Waals surface area contributed by atoms with E-state index < -0.39 is 22.3 Å². The zero-order valence-electron chi connectivity index (χ0n) is 15.7. The molecule has 148 valence electrons. The number of benzene rings is 2. The van der Waals surface area contributed by atoms with Crippen molar-refractivity contribution in [2.45, 2.75) is 20.8 Å². The summed E-state index contributed by atoms with van der Waals surface area (Å²) in [6.45, 7) is 3.92. The van der Waals surface area contributed by atoms with Crippen molar-refractivity contribution in [3.63, 3.8) is 0 Å². The zero-order chi connectivity index (χ0) is 21.3. The summed E-state index contributed by atoms with van der Waals surface area (Å²) in [4.78, 5) is 46.3. The van der Waals surface area contributed by atoms with E-state index in [1.54, 1.807) is 6.92 Å². The molecule has 1 aromatic heterocycles. The topological polar surface area (TPSA) is 126 Å². The van der Waals surface area contributed by atoms with E-state index in [0.29, 0.717) is 5.56 Å². The number of hydrogen-bond acceptors (Lipinski definition) is 8. The molecule has 1 heterocycles. The van der Waals surface area contributed by atoms with E-state index in [1.165, 1.54) is 43.3 Å². The monoisotopic (exact) mass is 397 g/mol. The molecule has 0 saturated heterocycles. The Morgan fingerprint density at radius 2 is 1.66 bits per heavy atom. The predicted octanol–water partition coefficient (Wildman–Crippen LogP) is 3.53. The van der Waals surface area contributed by atoms with E-state index in [1.807, 2.05) is 0 Å². The molecule has 0 aliphatic carbocycles. The normalized spacial score (nSPS) is 10.6. The number of nitrogens with zero attached hydrogens (tertiary/aromatic N) is 1. The van der Waals surface area contributed by atoms with Gasteiger partial charge in [-0.3, -0.25) is 24.5 Å². The summed E-state index contributed by atoms with van der Waals surface area (Å²) in [6.07, 6.45) is 0. The van der Waals surface area contributed by atoms with Gasteiger partial charge in [-0.25, -0.2) is 0 Å². The first-order valence-electron chi connectivity index (χ1n) is 8.40. The maximum absolute atomic E-state index is 13.2. The lowest BCUT2D eigenvalue weighted by Gasteiger charge is -2.12. The van der Waals surface area contributed by atoms with Crippen molar-refractivity contribution < 1.29 is 28.4 Å². The first kappa shape index (κ1) is 19.7. The summed E-state index contributed by atoms with van der Waals surface area (Å²) in [7, 11) is 0. The molecular weight excluding hydrogens is 382 g/mol. The van der Waals surface area contributed by atoms with Crippen LogP contribution in [0.25, 0.3) is 22.1 Å². The van der Waals surface area contributed by atoms with Crippen molar-refractivity contribution in [1.82, 2.24) is 0 Å². The lowest BCUT2D eigenvalue weighted by Crippen LogP contribution is -2.12. The highest BCUT2D eigenvalue weighted by Gasteiger charge is 2.20. The van der Waals surface area contributed by atoms with Gasteiger partial charge in [-0.15, -0.1) is 0 Å². The molecule has 3 rings (SSSR count). The maximum Gasteiger partial charge on any atom is 0.308 e. The molecule has 0 radical (unpaired) electrons. The second kappa shape index (κ2) is 7.55. The van der Waals surface area contributed by atoms with Gasteiger partial charge in [0.25, 0.3) is 5.69 Å². The van der Waals surface area contributed by atoms with E-state index in [2.05, 4.69) is 0 Å². The number of non-ortho nitro benzene ring substituents is 1. The highest BCUT2D eigenvalue weighted by molar-refractivity contribution is 5.91. The van der Waals surface area contributed by atoms with Crippen molar-refractivity contribution in [2.75, 3.05) is 0 Å². The van der Waals surface area contributed by atoms with Gasteiger partial charge in [-0.05, 0) is 24.6 Å². The minimum atomic E-state index is -0.678. The van der Waals surface area contributed by atoms with Crippen LogP contribution in [-0.2, 0) is 9.59 Å². The van der Waals surface area contributed by atoms with Crippen LogP contribution in [0.4, 0.5) is 5.69 Å². The van der Waals surface area contributed by atoms with E-state index in [9.17, 15) is 24.5 Å². The molecule has 0 amide bonds. The largest absolute Gasteiger partial charge is 0.460 e. The van der Waals surface area contributed by atoms with Crippen LogP contribution in [0.2, 0.25) is 0 Å². The summed E-state index contributed by atoms with van der Waals surface area (Å²) < 4.78 is 15.9. The SMILES string of the molecule is CC(=O)Oc1cc(OC(C)=O)c2c(=O)c(-c3ccc([N+](=O)[O-])cc3)c(C)oc2c1. The van der Waals surface area contributed by atoms with Crippen LogP contribution in [0.15, 0.2) is 45.6 Å². The Morgan fingerprint density at radius 1 is 1.03 bits per heavy atom. The number of nitro groups is 1. The third-order valence-electron chi connectivity index (χ3n) is 3.99. The number of fused-ring (bicyclic) bond motifs is 1. The number of rotatable bonds is 4. The number of nitro benzene ring substituents is 1. The Kier molecular flexibility index (Phi) is 5.14. The average molecular weight is 397 g/mol. The summed E-state index contributed by atoms with van der Waals surface area (Å²) in [5.74, 6) is -1.11. The van der Waals surface area contributed by atoms with Gasteiger partial charge in [0.2, 0.25) is 5.43 Å². The van der Waals surface area contributed by atoms with Crippen LogP contribution in [-0.4, -0.2) is 16.9 Å². The van der Waals surface area contributed by atoms with Crippen LogP contribution >= 0.6 is 0 Å². The molecule has 0 N–H and O–H groups in total. The van der Waals surface area contributed by atoms with Crippen LogP contribution < -0.4 is 14.9 Å². The fourth-order valence-corrected chi connectivity index (χ4v) is 2.92. The van der Waals surface area contributed by atoms with Crippen LogP contribution in [0.5, 0.6) is 11.5 Å². The summed E-state index contributed by atoms with van der Waals surface area (Å²) in [5.41, 5.74) is 0.0159. The molecule has 29 heavy (non-hydrogen) atoms. The fourth-order valence-electron chi connectivity index (χ4n) is 2.92. The molecule has 0 atom stereocenters. The minimum Gasteiger partial charge on any atom is -0.460 e. The number of esters is 2. The van der Waals surface area contributed by atoms with Gasteiger partial charge in [-0.2, -0.15) is 0 Å². The summed E-state index contributed by atoms with van der Waals surface area (Å²) >= 11 is 0. The van der Waals surface area contributed by atoms with Gasteiger partial charge < -0.3 is 13.9 Å². The predicted molar refractivity (Wildman–Crippen MR) is 102 cm³/mol. The number of hydrogen-bond donors (Lipinski definition) is 0. The molecule has 9 nitrogen and oxygen atoms in total. The van der Waals surface area contributed by atoms with E-state index in [4.69, 9.17) is 13.9 Å². The highest BCUT2D eigenvalue weighted by atomic mass is 16.6. The van der Waals surface area contributed by atoms with Gasteiger partial charge in [0.1, 0.15) is 28.2 Å². The van der Waals surface area contributed by atoms with Crippen molar-refractivity contribution in [3.8, 4) is 22.6 Å². The van der Waals surface area contributed by atoms with Gasteiger partial charge in [-0.1, -0.05) is 0 Å². The zero-order valence-corrected chi connectivity index (χ0v) is 15.7. The van der Waals surface area contributed by atoms with Crippen molar-refractivity contribution in [1.29, 1.82) is 0 Å². The van der Waals surface area contributed by atoms with Gasteiger partial charge in [0.15, 0.2) is 0 Å². The van der Waals surface area contributed by atoms with Crippen LogP contribution in [0, 0.1) is 17.0 Å². The Hall–Kier alpha value is -4.01. The van der Waals surface area contributed by atoms with E-state index in [0.717, 1.165) is 6.92 Å². The molecule has 0 unspecified atom stereocenters. The summed E-state index contributed by atoms with van der Waals surface area (Å²) in [5, 5.41) is 10.8. The first-order chi connectivity index (χ1) is 13.7. The van der Waals surface area contributed by atoms with Crippen LogP contribution in [0.3, 0.4) is 0 Å². The Bertz CT molecular complexity index is 1210. The molecule has 0 fully saturated rings. The lowest BCUT2D eigenvalue weighted by molar-refractivity contribution is -0.384. The van der Waals surface area contributed by atoms with Gasteiger partial charge in [0, 0.05) is 38.1 Å². The Labute approximate surface area is 163 Å². The number of carbonyl (C=O) groups excluding carboxylic acids is 2. The third-order valence-corrected chi connectivity index (χ3v) is 3.99. The molecular formula is C20H15NO8. The van der Waals surface area contributed by atoms with Crippen molar-refractivity contribution in [3.05, 3.63) is 62.5 Å². The Balaban J connectivity index is 2.28. The molecule has 0 saturated carbocycles. The molecule has 9 heteroatoms. The number of aryl methyl sites for hydroxylation is 1. The minimum absolute atomic E-state index is 0.0185. The second-order valence-electron chi connectivity index (χ2n) is 6.15. The lowest BCUT2D eigenvalue weighted by atomic mass is 10.0. The molecule has 2 aromatic carbocycles. The maximum atomic E-state index is 13.2. The third kappa shape index (κ3) is 3.98. The molecule has 0 bridgehead atoms. The number of ether oxygens (including phenoxy) is 2. The van der Waals surface area contributed by atoms with Crippen LogP contribution in [0.1, 0.15) is 19.6 Å². The van der Waals surface area contributed by atoms with E-state index >= 15 is 0 Å². The molecule has 0 aliphatic rings. The van der Waals surface area contributed by atoms with Gasteiger partial charge in [0.05, 0.1) is 10.5 Å². The summed E-state index contributed by atoms with van der Waals surface area (Å²) in [6, 6.07) is 8.00. The smallest absolute Gasteiger partial charge is 0.308 e. The fraction of sp³-hybridized carbons (Fsp3) is 0.150. The average Bonchev–Trinajstić information content (AvgIpc) is 2.60. The first-order valence-corrected chi connectivity index (χ1v) is 8.40. The molecule has 0 spiro atoms. The van der Waals surface area contributed by atoms with Crippen molar-refractivity contribution >= 4 is 28.6 Å². The van der Waals surface area contributed by atoms with E-state index in [-0.39, 0.29) is 39.5 Å². The van der Waals surface area contributed by atoms with Gasteiger partial charge >= 0.3 is 11.9 Å². The standard InChI is InChI=1S/C20H15NO8/c1-10-18(13-4-6-14(7-5-13)21(25)26)20(24)19-16(27-10)8-15(28-11(2)22)9-17(19)29-12(3)23/h4-9H,1-3H3. The Morgan fingerprint density at radius 3 is 2.21 bits per heavy atom. The molecule has 3 aromatic rings. The quantitative estimate of drug-likeness (QED) is 0.283. The van der Waals surface area contributed by atoms with Crippen molar-refractivity contribution in [2.24, 2.45) is 0 Å². The second-order valence-corrected chi connectivity index (χ2v) is 6.15.